The molecule has 125 heavy (non-hydrogen) atoms. The topological polar surface area (TPSA) is 190 Å². The van der Waals surface area contributed by atoms with E-state index in [0.29, 0.717) is 139 Å². The van der Waals surface area contributed by atoms with Crippen LogP contribution in [0.1, 0.15) is 283 Å². The molecule has 1 saturated carbocycles. The zero-order valence-corrected chi connectivity index (χ0v) is 75.7. The highest BCUT2D eigenvalue weighted by atomic mass is 19.4. The van der Waals surface area contributed by atoms with Crippen LogP contribution in [-0.4, -0.2) is 123 Å². The Bertz CT molecular complexity index is 4110. The summed E-state index contributed by atoms with van der Waals surface area (Å²) < 4.78 is 121. The van der Waals surface area contributed by atoms with Crippen LogP contribution in [0.2, 0.25) is 0 Å². The number of alkyl halides is 3. The largest absolute Gasteiger partial charge is 0.490 e. The normalized spacial score (nSPS) is 13.3. The van der Waals surface area contributed by atoms with Gasteiger partial charge in [0, 0.05) is 91.6 Å². The Labute approximate surface area is 750 Å². The first-order chi connectivity index (χ1) is 58.3. The molecule has 4 unspecified atom stereocenters. The van der Waals surface area contributed by atoms with Gasteiger partial charge in [0.05, 0.1) is 64.9 Å². The average molecular weight is 1750 g/mol. The number of halogens is 3. The van der Waals surface area contributed by atoms with Gasteiger partial charge in [-0.05, 0) is 203 Å². The summed E-state index contributed by atoms with van der Waals surface area (Å²) in [5, 5.41) is 28.7. The third-order valence-electron chi connectivity index (χ3n) is 22.5. The van der Waals surface area contributed by atoms with Gasteiger partial charge in [0.15, 0.2) is 0 Å². The lowest BCUT2D eigenvalue weighted by Crippen LogP contribution is -2.38. The number of aryl methyl sites for hydroxylation is 2. The van der Waals surface area contributed by atoms with Gasteiger partial charge in [-0.25, -0.2) is 0 Å². The first kappa shape index (κ1) is 113. The molecule has 0 saturated heterocycles. The van der Waals surface area contributed by atoms with Crippen LogP contribution in [0, 0.1) is 13.8 Å². The first-order valence-corrected chi connectivity index (χ1v) is 43.3. The molecule has 0 heterocycles. The van der Waals surface area contributed by atoms with Gasteiger partial charge in [-0.2, -0.15) is 13.2 Å². The number of benzene rings is 8. The van der Waals surface area contributed by atoms with E-state index in [9.17, 15) is 28.5 Å². The van der Waals surface area contributed by atoms with Gasteiger partial charge in [-0.15, -0.1) is 0 Å². The lowest BCUT2D eigenvalue weighted by atomic mass is 9.79. The minimum absolute atomic E-state index is 0. The molecule has 17 nitrogen and oxygen atoms in total. The summed E-state index contributed by atoms with van der Waals surface area (Å²) in [7, 11) is 6.76. The second-order valence-corrected chi connectivity index (χ2v) is 31.8. The lowest BCUT2D eigenvalue weighted by Gasteiger charge is -2.31. The number of hydrogen-bond acceptors (Lipinski definition) is 17. The molecule has 1 aliphatic carbocycles. The molecule has 8 aromatic carbocycles. The van der Waals surface area contributed by atoms with Gasteiger partial charge in [-0.3, -0.25) is 0 Å². The molecule has 1 fully saturated rings. The van der Waals surface area contributed by atoms with Crippen LogP contribution >= 0.6 is 0 Å². The molecule has 0 radical (unpaired) electrons. The quantitative estimate of drug-likeness (QED) is 0.0305. The van der Waals surface area contributed by atoms with Crippen molar-refractivity contribution in [3.8, 4) is 46.0 Å². The third kappa shape index (κ3) is 35.3. The van der Waals surface area contributed by atoms with Crippen molar-refractivity contribution in [1.29, 1.82) is 0 Å². The molecule has 9 rings (SSSR count). The van der Waals surface area contributed by atoms with Crippen molar-refractivity contribution in [2.24, 2.45) is 0 Å². The van der Waals surface area contributed by atoms with Gasteiger partial charge in [0.25, 0.3) is 0 Å². The molecule has 20 heteroatoms. The zero-order chi connectivity index (χ0) is 88.3. The van der Waals surface area contributed by atoms with E-state index in [-0.39, 0.29) is 80.1 Å². The van der Waals surface area contributed by atoms with Crippen LogP contribution in [-0.2, 0) is 92.1 Å². The predicted molar refractivity (Wildman–Crippen MR) is 503 cm³/mol. The van der Waals surface area contributed by atoms with E-state index in [1.807, 2.05) is 81.4 Å². The van der Waals surface area contributed by atoms with E-state index in [0.717, 1.165) is 98.3 Å². The first-order valence-electron chi connectivity index (χ1n) is 43.3. The monoisotopic (exact) mass is 1750 g/mol. The van der Waals surface area contributed by atoms with Crippen LogP contribution in [0.5, 0.6) is 46.0 Å². The van der Waals surface area contributed by atoms with Gasteiger partial charge in [-0.1, -0.05) is 195 Å². The lowest BCUT2D eigenvalue weighted by molar-refractivity contribution is -0.186. The number of aliphatic hydroxyl groups is 3. The Morgan fingerprint density at radius 2 is 0.672 bits per heavy atom. The average Bonchev–Trinajstić information content (AvgIpc) is 0.778. The second kappa shape index (κ2) is 59.6. The second-order valence-electron chi connectivity index (χ2n) is 31.8. The van der Waals surface area contributed by atoms with Gasteiger partial charge in [0.1, 0.15) is 98.9 Å². The molecule has 3 N–H and O–H groups in total. The van der Waals surface area contributed by atoms with Crippen molar-refractivity contribution in [1.82, 2.24) is 0 Å². The molecular weight excluding hydrogens is 1590 g/mol. The van der Waals surface area contributed by atoms with E-state index in [1.165, 1.54) is 79.0 Å². The van der Waals surface area contributed by atoms with Crippen LogP contribution in [0.3, 0.4) is 0 Å². The predicted octanol–water partition coefficient (Wildman–Crippen LogP) is 25.5. The summed E-state index contributed by atoms with van der Waals surface area (Å²) >= 11 is 0. The van der Waals surface area contributed by atoms with Crippen molar-refractivity contribution in [3.63, 3.8) is 0 Å². The highest BCUT2D eigenvalue weighted by Crippen LogP contribution is 2.45. The Morgan fingerprint density at radius 3 is 0.960 bits per heavy atom. The van der Waals surface area contributed by atoms with Gasteiger partial charge < -0.3 is 81.6 Å². The molecule has 4 atom stereocenters. The summed E-state index contributed by atoms with van der Waals surface area (Å²) in [6, 6.07) is 47.2. The van der Waals surface area contributed by atoms with Crippen molar-refractivity contribution >= 4 is 0 Å². The molecule has 0 spiro atoms. The standard InChI is InChI=1S/C31H43F3O4.C26H38O5.C23H32O4.C21H28O4.4CH4/c1-5-30(4,31(32,33)34)27-13-15-28(16-14-27)37-17-18-38-29-25(21-35-6-2)19-24(20-26(29)22-36-7-3)23-11-9-8-10-12-23;1-7-26(4,18-27)23-8-10-24(11-9-23)30-12-13-31-25-21(16-28-5)14-20(19(2)3)15-22(25)17-29-6;1-6-18(3)19-7-9-22(10-8-19)26-11-12-27-23-20(15-24-4)13-17(2)14-21(23)16-25-5;1-4-16(3)17-5-7-20(8-6-17)24-9-10-25-21-18(13-22)11-15(2)12-19(21)14-23;;;;/h13-16,19-20,23H,5-12,17-18,21-22H2,1-4H3;8-11,14-15,19,27H,7,12-13,16-18H2,1-6H3;7-10,13-14,18H,6,11-12,15-16H2,1-5H3;5-8,11-12,16,22-23H,4,9-10,13-14H2,1-3H3;4*1H4. The summed E-state index contributed by atoms with van der Waals surface area (Å²) in [6.07, 6.45) is 5.02. The Kier molecular flexibility index (Phi) is 53.7. The highest BCUT2D eigenvalue weighted by molar-refractivity contribution is 5.49. The molecule has 0 amide bonds. The van der Waals surface area contributed by atoms with E-state index < -0.39 is 11.6 Å². The van der Waals surface area contributed by atoms with Gasteiger partial charge >= 0.3 is 6.18 Å². The van der Waals surface area contributed by atoms with Crippen molar-refractivity contribution < 1.29 is 94.8 Å². The zero-order valence-electron chi connectivity index (χ0n) is 75.7. The van der Waals surface area contributed by atoms with E-state index in [4.69, 9.17) is 66.3 Å². The Morgan fingerprint density at radius 1 is 0.368 bits per heavy atom. The molecule has 0 bridgehead atoms. The van der Waals surface area contributed by atoms with Crippen molar-refractivity contribution in [2.45, 2.75) is 278 Å². The Balaban J connectivity index is 0.000000565. The Hall–Kier alpha value is -8.41. The summed E-state index contributed by atoms with van der Waals surface area (Å²) in [6.45, 7) is 35.1. The van der Waals surface area contributed by atoms with Crippen LogP contribution in [0.15, 0.2) is 146 Å². The fourth-order valence-electron chi connectivity index (χ4n) is 14.4. The van der Waals surface area contributed by atoms with E-state index >= 15 is 0 Å². The molecule has 8 aromatic rings. The summed E-state index contributed by atoms with van der Waals surface area (Å²) in [4.78, 5) is 0. The third-order valence-corrected chi connectivity index (χ3v) is 22.5. The van der Waals surface area contributed by atoms with Crippen molar-refractivity contribution in [3.05, 3.63) is 235 Å². The van der Waals surface area contributed by atoms with Crippen LogP contribution in [0.25, 0.3) is 0 Å². The molecule has 0 aliphatic heterocycles. The number of aliphatic hydroxyl groups excluding tert-OH is 3. The summed E-state index contributed by atoms with van der Waals surface area (Å²) in [5.41, 5.74) is 14.1. The maximum absolute atomic E-state index is 13.6. The van der Waals surface area contributed by atoms with Crippen LogP contribution < -0.4 is 37.9 Å². The molecule has 700 valence electrons. The SMILES string of the molecule is C.C.C.C.CCC(C)(CO)c1ccc(OCCOc2c(COC)cc(C(C)C)cc2COC)cc1.CCC(C)c1ccc(OCCOc2c(CO)cc(C)cc2CO)cc1.CCC(C)c1ccc(OCCOc2c(COC)cc(C)cc2COC)cc1.CCOCc1cc(C2CCCCC2)cc(COCC)c1OCCOc1ccc(C(C)(CC)C(F)(F)F)cc1. The van der Waals surface area contributed by atoms with E-state index in [2.05, 4.69) is 123 Å². The van der Waals surface area contributed by atoms with Crippen LogP contribution in [0.4, 0.5) is 13.2 Å². The molecular formula is C105H157F3O17. The highest BCUT2D eigenvalue weighted by Gasteiger charge is 2.50. The number of rotatable bonds is 47. The smallest absolute Gasteiger partial charge is 0.398 e. The fourth-order valence-corrected chi connectivity index (χ4v) is 14.4. The maximum atomic E-state index is 13.6. The molecule has 0 aromatic heterocycles. The van der Waals surface area contributed by atoms with Gasteiger partial charge in [0.2, 0.25) is 0 Å². The minimum Gasteiger partial charge on any atom is -0.490 e. The summed E-state index contributed by atoms with van der Waals surface area (Å²) in [5.74, 6) is 8.02. The number of ether oxygens (including phenoxy) is 14. The molecule has 1 aliphatic rings. The van der Waals surface area contributed by atoms with Crippen molar-refractivity contribution in [2.75, 3.05) is 101 Å². The number of hydrogen-bond donors (Lipinski definition) is 3. The number of methoxy groups -OCH3 is 4. The maximum Gasteiger partial charge on any atom is 0.398 e. The van der Waals surface area contributed by atoms with E-state index in [1.54, 1.807) is 47.5 Å². The fraction of sp³-hybridized carbons (Fsp3) is 0.543. The minimum atomic E-state index is -4.32.